The molecule has 94 valence electrons. The normalized spacial score (nSPS) is 27.3. The van der Waals surface area contributed by atoms with E-state index < -0.39 is 0 Å². The van der Waals surface area contributed by atoms with Crippen LogP contribution in [0.3, 0.4) is 0 Å². The molecule has 0 spiro atoms. The summed E-state index contributed by atoms with van der Waals surface area (Å²) in [5, 5.41) is 9.34. The van der Waals surface area contributed by atoms with Crippen LogP contribution in [0.5, 0.6) is 0 Å². The van der Waals surface area contributed by atoms with Crippen molar-refractivity contribution in [2.75, 3.05) is 26.7 Å². The van der Waals surface area contributed by atoms with Crippen molar-refractivity contribution >= 4 is 5.91 Å². The zero-order chi connectivity index (χ0) is 12.5. The van der Waals surface area contributed by atoms with Gasteiger partial charge >= 0.3 is 0 Å². The molecule has 0 aromatic carbocycles. The van der Waals surface area contributed by atoms with Crippen LogP contribution in [0.25, 0.3) is 0 Å². The van der Waals surface area contributed by atoms with Crippen LogP contribution in [0.4, 0.5) is 0 Å². The first-order valence-electron chi connectivity index (χ1n) is 5.90. The van der Waals surface area contributed by atoms with Gasteiger partial charge < -0.3 is 10.0 Å². The van der Waals surface area contributed by atoms with E-state index in [0.717, 1.165) is 13.1 Å². The highest BCUT2D eigenvalue weighted by Crippen LogP contribution is 2.25. The van der Waals surface area contributed by atoms with Crippen LogP contribution in [0.1, 0.15) is 27.7 Å². The van der Waals surface area contributed by atoms with Crippen LogP contribution in [0, 0.1) is 5.41 Å². The zero-order valence-corrected chi connectivity index (χ0v) is 11.0. The first-order chi connectivity index (χ1) is 7.28. The summed E-state index contributed by atoms with van der Waals surface area (Å²) in [5.41, 5.74) is 0.0681. The fraction of sp³-hybridized carbons (Fsp3) is 0.917. The maximum Gasteiger partial charge on any atom is 0.242 e. The van der Waals surface area contributed by atoms with Crippen LogP contribution in [-0.4, -0.2) is 59.6 Å². The number of rotatable bonds is 2. The van der Waals surface area contributed by atoms with E-state index >= 15 is 0 Å². The summed E-state index contributed by atoms with van der Waals surface area (Å²) in [5.74, 6) is 0.0468. The van der Waals surface area contributed by atoms with Gasteiger partial charge in [0.05, 0.1) is 6.61 Å². The number of aliphatic hydroxyl groups excluding tert-OH is 1. The van der Waals surface area contributed by atoms with Gasteiger partial charge in [-0.2, -0.15) is 0 Å². The molecule has 1 heterocycles. The Bertz CT molecular complexity index is 264. The minimum atomic E-state index is -0.385. The Morgan fingerprint density at radius 2 is 2.00 bits per heavy atom. The van der Waals surface area contributed by atoms with Gasteiger partial charge in [0.25, 0.3) is 0 Å². The van der Waals surface area contributed by atoms with Crippen LogP contribution in [0.2, 0.25) is 0 Å². The summed E-state index contributed by atoms with van der Waals surface area (Å²) in [7, 11) is 1.91. The Balaban J connectivity index is 2.99. The molecule has 1 aliphatic rings. The van der Waals surface area contributed by atoms with Gasteiger partial charge in [-0.1, -0.05) is 13.8 Å². The lowest BCUT2D eigenvalue weighted by Gasteiger charge is -2.32. The molecule has 1 N–H and O–H groups in total. The number of hydrogen-bond acceptors (Lipinski definition) is 3. The number of carbonyl (C=O) groups excluding carboxylic acids is 1. The van der Waals surface area contributed by atoms with Gasteiger partial charge in [0.15, 0.2) is 0 Å². The quantitative estimate of drug-likeness (QED) is 0.751. The van der Waals surface area contributed by atoms with Crippen LogP contribution in [-0.2, 0) is 4.79 Å². The third-order valence-corrected chi connectivity index (χ3v) is 3.17. The highest BCUT2D eigenvalue weighted by Gasteiger charge is 2.38. The molecular weight excluding hydrogens is 204 g/mol. The molecule has 1 fully saturated rings. The van der Waals surface area contributed by atoms with E-state index in [2.05, 4.69) is 13.8 Å². The maximum absolute atomic E-state index is 12.2. The molecule has 16 heavy (non-hydrogen) atoms. The first-order valence-corrected chi connectivity index (χ1v) is 5.90. The number of amides is 1. The largest absolute Gasteiger partial charge is 0.394 e. The van der Waals surface area contributed by atoms with Crippen LogP contribution < -0.4 is 0 Å². The van der Waals surface area contributed by atoms with E-state index in [1.165, 1.54) is 0 Å². The van der Waals surface area contributed by atoms with E-state index in [1.54, 1.807) is 0 Å². The standard InChI is InChI=1S/C12H24N2O2/c1-9(2)14-8-12(3,4)7-13(5)10(6-15)11(14)16/h9-10,15H,6-8H2,1-5H3. The molecule has 1 unspecified atom stereocenters. The summed E-state index contributed by atoms with van der Waals surface area (Å²) >= 11 is 0. The van der Waals surface area contributed by atoms with Crippen molar-refractivity contribution < 1.29 is 9.90 Å². The second-order valence-electron chi connectivity index (χ2n) is 5.84. The Hall–Kier alpha value is -0.610. The minimum Gasteiger partial charge on any atom is -0.394 e. The lowest BCUT2D eigenvalue weighted by atomic mass is 9.92. The number of likely N-dealkylation sites (N-methyl/N-ethyl adjacent to an activating group) is 1. The Kier molecular flexibility index (Phi) is 3.97. The average molecular weight is 228 g/mol. The predicted octanol–water partition coefficient (Wildman–Crippen LogP) is 0.556. The molecule has 0 saturated carbocycles. The molecule has 0 bridgehead atoms. The highest BCUT2D eigenvalue weighted by atomic mass is 16.3. The molecule has 4 heteroatoms. The second kappa shape index (κ2) is 4.72. The third kappa shape index (κ3) is 2.74. The predicted molar refractivity (Wildman–Crippen MR) is 64.1 cm³/mol. The number of hydrogen-bond donors (Lipinski definition) is 1. The van der Waals surface area contributed by atoms with Gasteiger partial charge in [0, 0.05) is 19.1 Å². The van der Waals surface area contributed by atoms with E-state index in [0.29, 0.717) is 0 Å². The van der Waals surface area contributed by atoms with Gasteiger partial charge in [-0.25, -0.2) is 0 Å². The van der Waals surface area contributed by atoms with E-state index in [-0.39, 0.29) is 30.0 Å². The monoisotopic (exact) mass is 228 g/mol. The molecule has 1 rings (SSSR count). The summed E-state index contributed by atoms with van der Waals surface area (Å²) in [6.45, 7) is 9.84. The first kappa shape index (κ1) is 13.5. The van der Waals surface area contributed by atoms with Gasteiger partial charge in [-0.3, -0.25) is 9.69 Å². The van der Waals surface area contributed by atoms with Gasteiger partial charge in [-0.15, -0.1) is 0 Å². The Morgan fingerprint density at radius 3 is 2.44 bits per heavy atom. The summed E-state index contributed by atoms with van der Waals surface area (Å²) in [6.07, 6.45) is 0. The summed E-state index contributed by atoms with van der Waals surface area (Å²) in [6, 6.07) is -0.198. The lowest BCUT2D eigenvalue weighted by molar-refractivity contribution is -0.138. The number of nitrogens with zero attached hydrogens (tertiary/aromatic N) is 2. The van der Waals surface area contributed by atoms with E-state index in [1.807, 2.05) is 30.7 Å². The molecule has 1 atom stereocenters. The van der Waals surface area contributed by atoms with Crippen LogP contribution >= 0.6 is 0 Å². The molecule has 1 aliphatic heterocycles. The minimum absolute atomic E-state index is 0.0468. The number of aliphatic hydroxyl groups is 1. The van der Waals surface area contributed by atoms with Crippen molar-refractivity contribution in [1.82, 2.24) is 9.80 Å². The maximum atomic E-state index is 12.2. The molecule has 1 amide bonds. The molecular formula is C12H24N2O2. The zero-order valence-electron chi connectivity index (χ0n) is 11.0. The van der Waals surface area contributed by atoms with E-state index in [4.69, 9.17) is 0 Å². The van der Waals surface area contributed by atoms with Crippen molar-refractivity contribution in [3.05, 3.63) is 0 Å². The van der Waals surface area contributed by atoms with Crippen molar-refractivity contribution in [3.8, 4) is 0 Å². The second-order valence-corrected chi connectivity index (χ2v) is 5.84. The SMILES string of the molecule is CC(C)N1CC(C)(C)CN(C)C(CO)C1=O. The third-order valence-electron chi connectivity index (χ3n) is 3.17. The van der Waals surface area contributed by atoms with Gasteiger partial charge in [-0.05, 0) is 26.3 Å². The summed E-state index contributed by atoms with van der Waals surface area (Å²) < 4.78 is 0. The molecule has 0 radical (unpaired) electrons. The fourth-order valence-corrected chi connectivity index (χ4v) is 2.41. The van der Waals surface area contributed by atoms with Crippen molar-refractivity contribution in [3.63, 3.8) is 0 Å². The molecule has 1 saturated heterocycles. The molecule has 0 aromatic heterocycles. The summed E-state index contributed by atoms with van der Waals surface area (Å²) in [4.78, 5) is 16.1. The lowest BCUT2D eigenvalue weighted by Crippen LogP contribution is -2.48. The Morgan fingerprint density at radius 1 is 1.44 bits per heavy atom. The molecule has 0 aliphatic carbocycles. The Labute approximate surface area is 98.2 Å². The van der Waals surface area contributed by atoms with Crippen molar-refractivity contribution in [2.45, 2.75) is 39.8 Å². The fourth-order valence-electron chi connectivity index (χ4n) is 2.41. The smallest absolute Gasteiger partial charge is 0.242 e. The van der Waals surface area contributed by atoms with Gasteiger partial charge in [0.1, 0.15) is 6.04 Å². The van der Waals surface area contributed by atoms with Crippen molar-refractivity contribution in [2.24, 2.45) is 5.41 Å². The van der Waals surface area contributed by atoms with E-state index in [9.17, 15) is 9.90 Å². The molecule has 0 aromatic rings. The van der Waals surface area contributed by atoms with Crippen molar-refractivity contribution in [1.29, 1.82) is 0 Å². The average Bonchev–Trinajstić information content (AvgIpc) is 2.21. The topological polar surface area (TPSA) is 43.8 Å². The molecule has 4 nitrogen and oxygen atoms in total. The van der Waals surface area contributed by atoms with Gasteiger partial charge in [0.2, 0.25) is 5.91 Å². The van der Waals surface area contributed by atoms with Crippen LogP contribution in [0.15, 0.2) is 0 Å². The number of carbonyl (C=O) groups is 1. The highest BCUT2D eigenvalue weighted by molar-refractivity contribution is 5.82.